The number of carbonyl (C=O) groups is 5. The minimum absolute atomic E-state index is 0.00516. The highest BCUT2D eigenvalue weighted by Crippen LogP contribution is 2.51. The standard InChI is InChI=1S/C39H54N2O13/c1-38-14-6-8-22(10-12-25-27(18-40(3)4)35(46)51-30(25)32(38)53-38)20-49-37(48)50-21-23-9-7-15-39(2)33(54-39)31-26(13-11-23)28(36(47)52-31)19-41(5)17-24(34(44)45)16-29(42)43/h8-9,16,25-28,30-33H,6-7,10-15,17-21H2,1-5H3,(H,42,43)(H,44,45)/b22-8+,23-9+,24-16+/t25-,26-,27?,28?,30-,31-,32-,33-,38+,39+/m0/s1. The van der Waals surface area contributed by atoms with Crippen molar-refractivity contribution in [3.05, 3.63) is 34.9 Å². The number of esters is 2. The number of hydrogen-bond donors (Lipinski definition) is 2. The zero-order valence-corrected chi connectivity index (χ0v) is 31.8. The van der Waals surface area contributed by atoms with E-state index in [1.165, 1.54) is 0 Å². The maximum Gasteiger partial charge on any atom is 0.508 e. The molecular formula is C39H54N2O13. The van der Waals surface area contributed by atoms with Gasteiger partial charge in [-0.3, -0.25) is 9.59 Å². The molecule has 0 aromatic carbocycles. The van der Waals surface area contributed by atoms with E-state index in [1.54, 1.807) is 11.9 Å². The van der Waals surface area contributed by atoms with Crippen LogP contribution in [0.25, 0.3) is 0 Å². The van der Waals surface area contributed by atoms with Crippen molar-refractivity contribution < 1.29 is 62.6 Å². The van der Waals surface area contributed by atoms with Crippen molar-refractivity contribution in [1.82, 2.24) is 9.80 Å². The van der Waals surface area contributed by atoms with Gasteiger partial charge in [0, 0.05) is 37.5 Å². The van der Waals surface area contributed by atoms with Crippen LogP contribution < -0.4 is 0 Å². The number of ether oxygens (including phenoxy) is 6. The first-order valence-corrected chi connectivity index (χ1v) is 19.0. The lowest BCUT2D eigenvalue weighted by molar-refractivity contribution is -0.146. The molecule has 10 atom stereocenters. The number of likely N-dealkylation sites (N-methyl/N-ethyl adjacent to an activating group) is 1. The molecule has 15 nitrogen and oxygen atoms in total. The molecule has 4 saturated heterocycles. The van der Waals surface area contributed by atoms with Crippen LogP contribution in [0.3, 0.4) is 0 Å². The Kier molecular flexibility index (Phi) is 11.9. The van der Waals surface area contributed by atoms with Gasteiger partial charge in [0.2, 0.25) is 0 Å². The number of carbonyl (C=O) groups excluding carboxylic acids is 3. The monoisotopic (exact) mass is 758 g/mol. The first-order chi connectivity index (χ1) is 25.6. The third kappa shape index (κ3) is 9.18. The molecule has 4 fully saturated rings. The largest absolute Gasteiger partial charge is 0.508 e. The van der Waals surface area contributed by atoms with Gasteiger partial charge in [-0.1, -0.05) is 12.2 Å². The predicted molar refractivity (Wildman–Crippen MR) is 190 cm³/mol. The van der Waals surface area contributed by atoms with Crippen molar-refractivity contribution in [3.63, 3.8) is 0 Å². The Bertz CT molecular complexity index is 1590. The molecule has 0 aromatic heterocycles. The van der Waals surface area contributed by atoms with Crippen LogP contribution in [-0.2, 0) is 47.6 Å². The van der Waals surface area contributed by atoms with Crippen LogP contribution in [-0.4, -0.2) is 140 Å². The lowest BCUT2D eigenvalue weighted by atomic mass is 9.80. The maximum atomic E-state index is 13.2. The number of rotatable bonds is 12. The van der Waals surface area contributed by atoms with Crippen molar-refractivity contribution >= 4 is 30.0 Å². The summed E-state index contributed by atoms with van der Waals surface area (Å²) in [6.07, 6.45) is 8.21. The van der Waals surface area contributed by atoms with E-state index < -0.39 is 41.7 Å². The van der Waals surface area contributed by atoms with Crippen LogP contribution in [0, 0.1) is 23.7 Å². The quantitative estimate of drug-likeness (QED) is 0.0967. The van der Waals surface area contributed by atoms with E-state index in [9.17, 15) is 29.1 Å². The van der Waals surface area contributed by atoms with Gasteiger partial charge in [0.1, 0.15) is 37.6 Å². The molecule has 0 aromatic rings. The molecule has 0 spiro atoms. The molecule has 6 rings (SSSR count). The van der Waals surface area contributed by atoms with E-state index in [0.717, 1.165) is 24.0 Å². The first kappa shape index (κ1) is 39.9. The number of epoxide rings is 2. The van der Waals surface area contributed by atoms with Crippen LogP contribution in [0.5, 0.6) is 0 Å². The van der Waals surface area contributed by atoms with Gasteiger partial charge >= 0.3 is 30.0 Å². The van der Waals surface area contributed by atoms with Crippen molar-refractivity contribution in [2.24, 2.45) is 23.7 Å². The van der Waals surface area contributed by atoms with Crippen molar-refractivity contribution in [3.8, 4) is 0 Å². The number of nitrogens with zero attached hydrogens (tertiary/aromatic N) is 2. The summed E-state index contributed by atoms with van der Waals surface area (Å²) in [5.41, 5.74) is 0.723. The molecule has 298 valence electrons. The number of carboxylic acids is 2. The Balaban J connectivity index is 1.05. The first-order valence-electron chi connectivity index (χ1n) is 19.0. The Morgan fingerprint density at radius 3 is 1.74 bits per heavy atom. The normalized spacial score (nSPS) is 38.2. The van der Waals surface area contributed by atoms with E-state index in [2.05, 4.69) is 19.1 Å². The predicted octanol–water partition coefficient (Wildman–Crippen LogP) is 3.36. The number of hydrogen-bond acceptors (Lipinski definition) is 13. The van der Waals surface area contributed by atoms with Crippen LogP contribution in [0.15, 0.2) is 34.9 Å². The maximum absolute atomic E-state index is 13.2. The van der Waals surface area contributed by atoms with Gasteiger partial charge in [-0.15, -0.1) is 0 Å². The average molecular weight is 759 g/mol. The van der Waals surface area contributed by atoms with Gasteiger partial charge in [0.05, 0.1) is 28.6 Å². The second kappa shape index (κ2) is 16.1. The van der Waals surface area contributed by atoms with E-state index in [-0.39, 0.29) is 79.5 Å². The van der Waals surface area contributed by atoms with Crippen LogP contribution in [0.1, 0.15) is 65.2 Å². The summed E-state index contributed by atoms with van der Waals surface area (Å²) in [4.78, 5) is 65.4. The van der Waals surface area contributed by atoms with Crippen molar-refractivity contribution in [2.75, 3.05) is 54.0 Å². The van der Waals surface area contributed by atoms with Gasteiger partial charge in [-0.05, 0) is 97.5 Å². The summed E-state index contributed by atoms with van der Waals surface area (Å²) in [7, 11) is 5.52. The highest BCUT2D eigenvalue weighted by molar-refractivity contribution is 5.95. The van der Waals surface area contributed by atoms with Gasteiger partial charge < -0.3 is 48.4 Å². The van der Waals surface area contributed by atoms with Crippen LogP contribution in [0.4, 0.5) is 4.79 Å². The number of allylic oxidation sites excluding steroid dienone is 2. The molecule has 0 amide bonds. The minimum Gasteiger partial charge on any atom is -0.478 e. The fourth-order valence-electron chi connectivity index (χ4n) is 8.94. The smallest absolute Gasteiger partial charge is 0.478 e. The molecule has 54 heavy (non-hydrogen) atoms. The minimum atomic E-state index is -1.36. The fourth-order valence-corrected chi connectivity index (χ4v) is 8.94. The van der Waals surface area contributed by atoms with E-state index in [4.69, 9.17) is 33.5 Å². The molecule has 2 N–H and O–H groups in total. The molecule has 4 heterocycles. The van der Waals surface area contributed by atoms with Crippen LogP contribution in [0.2, 0.25) is 0 Å². The fraction of sp³-hybridized carbons (Fsp3) is 0.718. The third-order valence-corrected chi connectivity index (χ3v) is 12.0. The van der Waals surface area contributed by atoms with Gasteiger partial charge in [0.25, 0.3) is 0 Å². The average Bonchev–Trinajstić information content (AvgIpc) is 3.89. The van der Waals surface area contributed by atoms with Crippen molar-refractivity contribution in [1.29, 1.82) is 0 Å². The molecule has 2 unspecified atom stereocenters. The summed E-state index contributed by atoms with van der Waals surface area (Å²) in [5.74, 6) is -4.39. The Labute approximate surface area is 315 Å². The van der Waals surface area contributed by atoms with E-state index in [1.807, 2.05) is 25.9 Å². The Morgan fingerprint density at radius 2 is 1.30 bits per heavy atom. The van der Waals surface area contributed by atoms with Gasteiger partial charge in [-0.2, -0.15) is 0 Å². The summed E-state index contributed by atoms with van der Waals surface area (Å²) < 4.78 is 35.2. The molecule has 4 aliphatic heterocycles. The number of carboxylic acid groups (broad SMARTS) is 2. The topological polar surface area (TPSA) is 194 Å². The Morgan fingerprint density at radius 1 is 0.815 bits per heavy atom. The van der Waals surface area contributed by atoms with Crippen molar-refractivity contribution in [2.45, 2.75) is 101 Å². The molecular weight excluding hydrogens is 704 g/mol. The molecule has 15 heteroatoms. The Hall–Kier alpha value is -3.79. The molecule has 0 bridgehead atoms. The van der Waals surface area contributed by atoms with E-state index >= 15 is 0 Å². The number of aliphatic carboxylic acids is 2. The lowest BCUT2D eigenvalue weighted by Gasteiger charge is -2.26. The lowest BCUT2D eigenvalue weighted by Crippen LogP contribution is -2.36. The molecule has 6 aliphatic rings. The summed E-state index contributed by atoms with van der Waals surface area (Å²) in [6.45, 7) is 4.73. The molecule has 2 aliphatic carbocycles. The highest BCUT2D eigenvalue weighted by atomic mass is 16.7. The van der Waals surface area contributed by atoms with Crippen LogP contribution >= 0.6 is 0 Å². The second-order valence-corrected chi connectivity index (χ2v) is 16.5. The zero-order valence-electron chi connectivity index (χ0n) is 31.8. The summed E-state index contributed by atoms with van der Waals surface area (Å²) in [6, 6.07) is 0. The van der Waals surface area contributed by atoms with E-state index in [0.29, 0.717) is 51.1 Å². The summed E-state index contributed by atoms with van der Waals surface area (Å²) in [5, 5.41) is 18.6. The summed E-state index contributed by atoms with van der Waals surface area (Å²) >= 11 is 0. The second-order valence-electron chi connectivity index (χ2n) is 16.5. The number of fused-ring (bicyclic) bond motifs is 6. The third-order valence-electron chi connectivity index (χ3n) is 12.0. The van der Waals surface area contributed by atoms with Gasteiger partial charge in [-0.25, -0.2) is 14.4 Å². The SMILES string of the molecule is CN(C)CC1C(=O)O[C@H]2[C@H]1CC/C(COC(=O)OC/C1=C/CC[C@@]3(C)O[C@H]3[C@H]3OC(=O)C(CN(C)C/C(=C\C(=O)O)C(=O)O)[C@@H]3CC1)=C\CC[C@@]1(C)O[C@@H]21. The zero-order chi connectivity index (χ0) is 38.9. The molecule has 0 radical (unpaired) electrons. The molecule has 0 saturated carbocycles. The highest BCUT2D eigenvalue weighted by Gasteiger charge is 2.64. The van der Waals surface area contributed by atoms with Gasteiger partial charge in [0.15, 0.2) is 0 Å².